The zero-order valence-corrected chi connectivity index (χ0v) is 12.9. The van der Waals surface area contributed by atoms with Crippen LogP contribution in [0.1, 0.15) is 18.6 Å². The summed E-state index contributed by atoms with van der Waals surface area (Å²) in [5.74, 6) is 0. The van der Waals surface area contributed by atoms with Crippen LogP contribution in [0.2, 0.25) is 0 Å². The van der Waals surface area contributed by atoms with Gasteiger partial charge in [0.2, 0.25) is 0 Å². The van der Waals surface area contributed by atoms with E-state index in [0.717, 1.165) is 4.47 Å². The molecule has 2 aromatic rings. The Hall–Kier alpha value is -1.44. The quantitative estimate of drug-likeness (QED) is 0.664. The minimum Gasteiger partial charge on any atom is -0.389 e. The Bertz CT molecular complexity index is 649. The van der Waals surface area contributed by atoms with Crippen LogP contribution in [0.3, 0.4) is 0 Å². The number of nitro groups is 1. The van der Waals surface area contributed by atoms with Gasteiger partial charge >= 0.3 is 0 Å². The number of pyridine rings is 1. The number of benzene rings is 1. The first-order valence-corrected chi connectivity index (χ1v) is 7.34. The van der Waals surface area contributed by atoms with E-state index in [-0.39, 0.29) is 5.69 Å². The maximum atomic E-state index is 11.2. The molecule has 1 N–H and O–H groups in total. The molecule has 5 nitrogen and oxygen atoms in total. The smallest absolute Gasteiger partial charge is 0.283 e. The topological polar surface area (TPSA) is 76.3 Å². The normalized spacial score (nSPS) is 12.2. The van der Waals surface area contributed by atoms with Gasteiger partial charge in [-0.2, -0.15) is 0 Å². The van der Waals surface area contributed by atoms with Gasteiger partial charge in [0, 0.05) is 12.3 Å². The zero-order valence-electron chi connectivity index (χ0n) is 10.5. The van der Waals surface area contributed by atoms with E-state index in [2.05, 4.69) is 20.9 Å². The van der Waals surface area contributed by atoms with E-state index in [1.54, 1.807) is 31.3 Å². The summed E-state index contributed by atoms with van der Waals surface area (Å²) in [6.07, 6.45) is 0.887. The van der Waals surface area contributed by atoms with Gasteiger partial charge in [0.15, 0.2) is 0 Å². The third kappa shape index (κ3) is 3.36. The molecule has 20 heavy (non-hydrogen) atoms. The van der Waals surface area contributed by atoms with Crippen molar-refractivity contribution in [3.05, 3.63) is 56.7 Å². The summed E-state index contributed by atoms with van der Waals surface area (Å²) in [5.41, 5.74) is 0.479. The van der Waals surface area contributed by atoms with Crippen LogP contribution in [0.5, 0.6) is 0 Å². The van der Waals surface area contributed by atoms with Gasteiger partial charge in [0.05, 0.1) is 20.4 Å². The van der Waals surface area contributed by atoms with Gasteiger partial charge in [-0.3, -0.25) is 10.1 Å². The predicted octanol–water partition coefficient (Wildman–Crippen LogP) is 3.96. The number of halogens is 1. The molecule has 0 aliphatic rings. The molecule has 0 spiro atoms. The van der Waals surface area contributed by atoms with Crippen molar-refractivity contribution >= 4 is 33.4 Å². The molecule has 0 bridgehead atoms. The number of nitro benzene ring substituents is 1. The molecule has 0 aliphatic carbocycles. The summed E-state index contributed by atoms with van der Waals surface area (Å²) in [4.78, 5) is 15.4. The second kappa shape index (κ2) is 6.34. The first-order valence-electron chi connectivity index (χ1n) is 5.74. The third-order valence-corrected chi connectivity index (χ3v) is 4.58. The molecule has 0 fully saturated rings. The van der Waals surface area contributed by atoms with Crippen molar-refractivity contribution in [3.8, 4) is 0 Å². The number of rotatable bonds is 4. The third-order valence-electron chi connectivity index (χ3n) is 2.59. The van der Waals surface area contributed by atoms with Gasteiger partial charge in [-0.25, -0.2) is 4.98 Å². The summed E-state index contributed by atoms with van der Waals surface area (Å²) in [6.45, 7) is 1.57. The van der Waals surface area contributed by atoms with E-state index in [1.807, 2.05) is 6.07 Å². The lowest BCUT2D eigenvalue weighted by Crippen LogP contribution is -1.96. The van der Waals surface area contributed by atoms with Crippen LogP contribution in [0, 0.1) is 10.1 Å². The highest BCUT2D eigenvalue weighted by Crippen LogP contribution is 2.38. The van der Waals surface area contributed by atoms with E-state index in [9.17, 15) is 15.2 Å². The summed E-state index contributed by atoms with van der Waals surface area (Å²) in [6, 6.07) is 8.30. The number of aliphatic hydroxyl groups is 1. The van der Waals surface area contributed by atoms with Gasteiger partial charge in [-0.15, -0.1) is 0 Å². The molecular formula is C13H11BrN2O3S. The summed E-state index contributed by atoms with van der Waals surface area (Å²) < 4.78 is 0.777. The minimum atomic E-state index is -0.741. The largest absolute Gasteiger partial charge is 0.389 e. The number of aromatic nitrogens is 1. The van der Waals surface area contributed by atoms with Gasteiger partial charge in [-0.1, -0.05) is 17.8 Å². The van der Waals surface area contributed by atoms with Crippen LogP contribution < -0.4 is 0 Å². The standard InChI is InChI=1S/C13H11BrN2O3S/c1-8(17)9-4-5-12(11(7-9)16(18)19)20-13-10(14)3-2-6-15-13/h2-8,17H,1H3/t8-/m0/s1. The van der Waals surface area contributed by atoms with Gasteiger partial charge in [0.1, 0.15) is 5.03 Å². The summed E-state index contributed by atoms with van der Waals surface area (Å²) in [5, 5.41) is 21.3. The predicted molar refractivity (Wildman–Crippen MR) is 79.8 cm³/mol. The van der Waals surface area contributed by atoms with Crippen molar-refractivity contribution < 1.29 is 10.0 Å². The van der Waals surface area contributed by atoms with Gasteiger partial charge < -0.3 is 5.11 Å². The highest BCUT2D eigenvalue weighted by molar-refractivity contribution is 9.10. The van der Waals surface area contributed by atoms with Gasteiger partial charge in [-0.05, 0) is 46.6 Å². The van der Waals surface area contributed by atoms with E-state index in [4.69, 9.17) is 0 Å². The molecule has 0 radical (unpaired) electrons. The molecule has 7 heteroatoms. The molecule has 104 valence electrons. The lowest BCUT2D eigenvalue weighted by molar-refractivity contribution is -0.387. The molecule has 2 rings (SSSR count). The highest BCUT2D eigenvalue weighted by Gasteiger charge is 2.18. The minimum absolute atomic E-state index is 0.0362. The lowest BCUT2D eigenvalue weighted by Gasteiger charge is -2.08. The Kier molecular flexibility index (Phi) is 4.74. The van der Waals surface area contributed by atoms with E-state index in [1.165, 1.54) is 17.8 Å². The van der Waals surface area contributed by atoms with Crippen molar-refractivity contribution in [2.45, 2.75) is 22.9 Å². The highest BCUT2D eigenvalue weighted by atomic mass is 79.9. The molecule has 1 heterocycles. The van der Waals surface area contributed by atoms with Crippen molar-refractivity contribution in [1.82, 2.24) is 4.98 Å². The first kappa shape index (κ1) is 15.0. The Balaban J connectivity index is 2.41. The average molecular weight is 355 g/mol. The van der Waals surface area contributed by atoms with Crippen LogP contribution in [0.25, 0.3) is 0 Å². The van der Waals surface area contributed by atoms with Crippen molar-refractivity contribution in [1.29, 1.82) is 0 Å². The van der Waals surface area contributed by atoms with Crippen LogP contribution in [0.4, 0.5) is 5.69 Å². The van der Waals surface area contributed by atoms with E-state index < -0.39 is 11.0 Å². The molecule has 1 atom stereocenters. The van der Waals surface area contributed by atoms with Crippen LogP contribution >= 0.6 is 27.7 Å². The zero-order chi connectivity index (χ0) is 14.7. The Morgan fingerprint density at radius 3 is 2.80 bits per heavy atom. The van der Waals surface area contributed by atoms with Crippen LogP contribution in [-0.2, 0) is 0 Å². The molecule has 0 saturated heterocycles. The van der Waals surface area contributed by atoms with Crippen molar-refractivity contribution in [2.24, 2.45) is 0 Å². The van der Waals surface area contributed by atoms with Crippen molar-refractivity contribution in [3.63, 3.8) is 0 Å². The summed E-state index contributed by atoms with van der Waals surface area (Å²) >= 11 is 4.57. The van der Waals surface area contributed by atoms with Crippen LogP contribution in [0.15, 0.2) is 50.9 Å². The number of nitrogens with zero attached hydrogens (tertiary/aromatic N) is 2. The molecule has 0 aliphatic heterocycles. The average Bonchev–Trinajstić information content (AvgIpc) is 2.41. The van der Waals surface area contributed by atoms with E-state index >= 15 is 0 Å². The molecule has 1 aromatic carbocycles. The monoisotopic (exact) mass is 354 g/mol. The number of aliphatic hydroxyl groups excluding tert-OH is 1. The molecular weight excluding hydrogens is 344 g/mol. The second-order valence-electron chi connectivity index (χ2n) is 4.05. The summed E-state index contributed by atoms with van der Waals surface area (Å²) in [7, 11) is 0. The van der Waals surface area contributed by atoms with Crippen LogP contribution in [-0.4, -0.2) is 15.0 Å². The van der Waals surface area contributed by atoms with E-state index in [0.29, 0.717) is 15.5 Å². The first-order chi connectivity index (χ1) is 9.49. The lowest BCUT2D eigenvalue weighted by atomic mass is 10.1. The van der Waals surface area contributed by atoms with Gasteiger partial charge in [0.25, 0.3) is 5.69 Å². The molecule has 0 amide bonds. The molecule has 1 aromatic heterocycles. The fourth-order valence-electron chi connectivity index (χ4n) is 1.57. The fourth-order valence-corrected chi connectivity index (χ4v) is 2.93. The Morgan fingerprint density at radius 1 is 1.45 bits per heavy atom. The molecule has 0 unspecified atom stereocenters. The maximum absolute atomic E-state index is 11.2. The SMILES string of the molecule is C[C@H](O)c1ccc(Sc2ncccc2Br)c([N+](=O)[O-])c1. The second-order valence-corrected chi connectivity index (χ2v) is 5.94. The number of hydrogen-bond donors (Lipinski definition) is 1. The number of hydrogen-bond acceptors (Lipinski definition) is 5. The molecule has 0 saturated carbocycles. The Morgan fingerprint density at radius 2 is 2.20 bits per heavy atom. The van der Waals surface area contributed by atoms with Crippen molar-refractivity contribution in [2.75, 3.05) is 0 Å². The fraction of sp³-hybridized carbons (Fsp3) is 0.154. The Labute approximate surface area is 128 Å². The maximum Gasteiger partial charge on any atom is 0.283 e.